The summed E-state index contributed by atoms with van der Waals surface area (Å²) in [5.41, 5.74) is 4.60. The van der Waals surface area contributed by atoms with E-state index < -0.39 is 5.82 Å². The van der Waals surface area contributed by atoms with Gasteiger partial charge in [0.05, 0.1) is 17.1 Å². The molecule has 0 atom stereocenters. The second kappa shape index (κ2) is 8.52. The smallest absolute Gasteiger partial charge is 0.255 e. The monoisotopic (exact) mass is 410 g/mol. The first-order chi connectivity index (χ1) is 14.5. The number of hydrazine groups is 1. The summed E-state index contributed by atoms with van der Waals surface area (Å²) in [4.78, 5) is 38.5. The quantitative estimate of drug-likeness (QED) is 0.811. The molecule has 0 aliphatic carbocycles. The van der Waals surface area contributed by atoms with Crippen LogP contribution in [0.25, 0.3) is 0 Å². The van der Waals surface area contributed by atoms with Gasteiger partial charge in [-0.2, -0.15) is 0 Å². The number of hydrogen-bond acceptors (Lipinski definition) is 4. The SMILES string of the molecule is O=C1CCC(=O)N(c2ccc(C(=O)Nc3cc(F)ccc3N3CCCCC3)cc2)N1. The second-order valence-electron chi connectivity index (χ2n) is 7.47. The van der Waals surface area contributed by atoms with E-state index >= 15 is 0 Å². The number of hydrogen-bond donors (Lipinski definition) is 2. The van der Waals surface area contributed by atoms with Crippen molar-refractivity contribution in [2.24, 2.45) is 0 Å². The fourth-order valence-electron chi connectivity index (χ4n) is 3.76. The number of rotatable bonds is 4. The van der Waals surface area contributed by atoms with Crippen molar-refractivity contribution in [3.05, 3.63) is 53.8 Å². The number of carbonyl (C=O) groups excluding carboxylic acids is 3. The number of nitrogens with zero attached hydrogens (tertiary/aromatic N) is 2. The summed E-state index contributed by atoms with van der Waals surface area (Å²) in [7, 11) is 0. The molecular formula is C22H23FN4O3. The number of anilines is 3. The highest BCUT2D eigenvalue weighted by molar-refractivity contribution is 6.06. The van der Waals surface area contributed by atoms with Crippen molar-refractivity contribution in [3.8, 4) is 0 Å². The summed E-state index contributed by atoms with van der Waals surface area (Å²) in [6.45, 7) is 1.75. The van der Waals surface area contributed by atoms with Crippen LogP contribution in [0.3, 0.4) is 0 Å². The van der Waals surface area contributed by atoms with E-state index in [0.29, 0.717) is 16.9 Å². The third-order valence-electron chi connectivity index (χ3n) is 5.34. The van der Waals surface area contributed by atoms with Crippen LogP contribution in [0.5, 0.6) is 0 Å². The second-order valence-corrected chi connectivity index (χ2v) is 7.47. The van der Waals surface area contributed by atoms with Crippen molar-refractivity contribution < 1.29 is 18.8 Å². The predicted molar refractivity (Wildman–Crippen MR) is 112 cm³/mol. The van der Waals surface area contributed by atoms with E-state index in [4.69, 9.17) is 0 Å². The molecule has 2 saturated heterocycles. The predicted octanol–water partition coefficient (Wildman–Crippen LogP) is 3.23. The third kappa shape index (κ3) is 4.27. The minimum Gasteiger partial charge on any atom is -0.370 e. The van der Waals surface area contributed by atoms with Gasteiger partial charge in [0.15, 0.2) is 0 Å². The Bertz CT molecular complexity index is 971. The Kier molecular flexibility index (Phi) is 5.65. The normalized spacial score (nSPS) is 17.0. The van der Waals surface area contributed by atoms with Gasteiger partial charge in [0.25, 0.3) is 5.91 Å². The highest BCUT2D eigenvalue weighted by atomic mass is 19.1. The maximum atomic E-state index is 13.9. The van der Waals surface area contributed by atoms with Crippen LogP contribution in [-0.4, -0.2) is 30.8 Å². The Hall–Kier alpha value is -3.42. The first-order valence-corrected chi connectivity index (χ1v) is 10.1. The molecule has 0 unspecified atom stereocenters. The van der Waals surface area contributed by atoms with Crippen LogP contribution in [0.2, 0.25) is 0 Å². The van der Waals surface area contributed by atoms with Crippen molar-refractivity contribution in [2.45, 2.75) is 32.1 Å². The van der Waals surface area contributed by atoms with E-state index in [9.17, 15) is 18.8 Å². The van der Waals surface area contributed by atoms with Gasteiger partial charge in [0.1, 0.15) is 5.82 Å². The first kappa shape index (κ1) is 19.9. The van der Waals surface area contributed by atoms with Gasteiger partial charge < -0.3 is 10.2 Å². The fraction of sp³-hybridized carbons (Fsp3) is 0.318. The number of carbonyl (C=O) groups is 3. The van der Waals surface area contributed by atoms with Crippen molar-refractivity contribution >= 4 is 34.8 Å². The first-order valence-electron chi connectivity index (χ1n) is 10.1. The molecule has 0 spiro atoms. The standard InChI is InChI=1S/C22H23FN4O3/c23-16-6-9-19(26-12-2-1-3-13-26)18(14-16)24-22(30)15-4-7-17(8-5-15)27-21(29)11-10-20(28)25-27/h4-9,14H,1-3,10-13H2,(H,24,30)(H,25,28). The number of piperidine rings is 1. The lowest BCUT2D eigenvalue weighted by Gasteiger charge is -2.30. The van der Waals surface area contributed by atoms with Gasteiger partial charge in [0.2, 0.25) is 11.8 Å². The summed E-state index contributed by atoms with van der Waals surface area (Å²) in [6, 6.07) is 10.8. The Morgan fingerprint density at radius 3 is 2.43 bits per heavy atom. The molecule has 0 bridgehead atoms. The molecule has 8 heteroatoms. The Balaban J connectivity index is 1.51. The maximum Gasteiger partial charge on any atom is 0.255 e. The van der Waals surface area contributed by atoms with Gasteiger partial charge in [-0.05, 0) is 61.7 Å². The summed E-state index contributed by atoms with van der Waals surface area (Å²) >= 11 is 0. The molecule has 30 heavy (non-hydrogen) atoms. The van der Waals surface area contributed by atoms with Crippen LogP contribution < -0.4 is 20.7 Å². The van der Waals surface area contributed by atoms with Gasteiger partial charge in [-0.3, -0.25) is 19.8 Å². The minimum absolute atomic E-state index is 0.146. The fourth-order valence-corrected chi connectivity index (χ4v) is 3.76. The summed E-state index contributed by atoms with van der Waals surface area (Å²) in [5, 5.41) is 4.00. The Morgan fingerprint density at radius 1 is 0.967 bits per heavy atom. The van der Waals surface area contributed by atoms with Crippen molar-refractivity contribution in [1.29, 1.82) is 0 Å². The third-order valence-corrected chi connectivity index (χ3v) is 5.34. The number of nitrogens with one attached hydrogen (secondary N) is 2. The summed E-state index contributed by atoms with van der Waals surface area (Å²) < 4.78 is 13.9. The van der Waals surface area contributed by atoms with Gasteiger partial charge >= 0.3 is 0 Å². The molecule has 0 saturated carbocycles. The Morgan fingerprint density at radius 2 is 1.70 bits per heavy atom. The number of benzene rings is 2. The molecule has 2 fully saturated rings. The van der Waals surface area contributed by atoms with Gasteiger partial charge in [-0.1, -0.05) is 0 Å². The van der Waals surface area contributed by atoms with E-state index in [1.54, 1.807) is 30.3 Å². The topological polar surface area (TPSA) is 81.8 Å². The molecule has 2 aromatic rings. The molecule has 2 aliphatic heterocycles. The lowest BCUT2D eigenvalue weighted by atomic mass is 10.1. The highest BCUT2D eigenvalue weighted by Gasteiger charge is 2.24. The van der Waals surface area contributed by atoms with Crippen LogP contribution in [-0.2, 0) is 9.59 Å². The average molecular weight is 410 g/mol. The zero-order valence-corrected chi connectivity index (χ0v) is 16.5. The number of amides is 3. The maximum absolute atomic E-state index is 13.9. The van der Waals surface area contributed by atoms with E-state index in [1.165, 1.54) is 23.6 Å². The van der Waals surface area contributed by atoms with Crippen LogP contribution in [0, 0.1) is 5.82 Å². The summed E-state index contributed by atoms with van der Waals surface area (Å²) in [6.07, 6.45) is 3.62. The van der Waals surface area contributed by atoms with Crippen LogP contribution >= 0.6 is 0 Å². The van der Waals surface area contributed by atoms with E-state index in [-0.39, 0.29) is 30.6 Å². The van der Waals surface area contributed by atoms with Crippen LogP contribution in [0.1, 0.15) is 42.5 Å². The van der Waals surface area contributed by atoms with Gasteiger partial charge in [-0.15, -0.1) is 0 Å². The van der Waals surface area contributed by atoms with Crippen LogP contribution in [0.4, 0.5) is 21.5 Å². The molecule has 0 radical (unpaired) electrons. The van der Waals surface area contributed by atoms with E-state index in [2.05, 4.69) is 15.6 Å². The van der Waals surface area contributed by atoms with Crippen molar-refractivity contribution in [3.63, 3.8) is 0 Å². The van der Waals surface area contributed by atoms with Crippen molar-refractivity contribution in [1.82, 2.24) is 5.43 Å². The van der Waals surface area contributed by atoms with E-state index in [1.807, 2.05) is 0 Å². The zero-order valence-electron chi connectivity index (χ0n) is 16.5. The Labute approximate surface area is 173 Å². The van der Waals surface area contributed by atoms with Crippen LogP contribution in [0.15, 0.2) is 42.5 Å². The van der Waals surface area contributed by atoms with E-state index in [0.717, 1.165) is 31.6 Å². The number of halogens is 1. The molecule has 2 aliphatic rings. The molecule has 2 N–H and O–H groups in total. The zero-order chi connectivity index (χ0) is 21.1. The molecule has 0 aromatic heterocycles. The molecule has 2 heterocycles. The molecule has 7 nitrogen and oxygen atoms in total. The lowest BCUT2D eigenvalue weighted by molar-refractivity contribution is -0.130. The lowest BCUT2D eigenvalue weighted by Crippen LogP contribution is -2.50. The minimum atomic E-state index is -0.416. The van der Waals surface area contributed by atoms with Gasteiger partial charge in [0, 0.05) is 31.5 Å². The largest absolute Gasteiger partial charge is 0.370 e. The molecular weight excluding hydrogens is 387 g/mol. The average Bonchev–Trinajstić information content (AvgIpc) is 2.76. The van der Waals surface area contributed by atoms with Crippen molar-refractivity contribution in [2.75, 3.05) is 28.3 Å². The van der Waals surface area contributed by atoms with Gasteiger partial charge in [-0.25, -0.2) is 9.40 Å². The highest BCUT2D eigenvalue weighted by Crippen LogP contribution is 2.30. The molecule has 3 amide bonds. The molecule has 2 aromatic carbocycles. The molecule has 156 valence electrons. The summed E-state index contributed by atoms with van der Waals surface area (Å²) in [5.74, 6) is -1.23. The molecule has 4 rings (SSSR count).